The summed E-state index contributed by atoms with van der Waals surface area (Å²) in [5.41, 5.74) is -4.20. The van der Waals surface area contributed by atoms with Crippen molar-refractivity contribution in [3.05, 3.63) is 51.0 Å². The maximum absolute atomic E-state index is 14.4. The lowest BCUT2D eigenvalue weighted by molar-refractivity contribution is -0.171. The molecule has 0 saturated heterocycles. The molecular formula is C35H46O9. The fourth-order valence-electron chi connectivity index (χ4n) is 8.23. The van der Waals surface area contributed by atoms with Gasteiger partial charge < -0.3 is 25.2 Å². The predicted octanol–water partition coefficient (Wildman–Crippen LogP) is 5.75. The van der Waals surface area contributed by atoms with Crippen molar-refractivity contribution in [3.63, 3.8) is 0 Å². The lowest BCUT2D eigenvalue weighted by Crippen LogP contribution is -2.67. The number of phenols is 1. The summed E-state index contributed by atoms with van der Waals surface area (Å²) in [5.74, 6) is -5.87. The summed E-state index contributed by atoms with van der Waals surface area (Å²) in [7, 11) is 0. The number of benzene rings is 1. The van der Waals surface area contributed by atoms with Gasteiger partial charge in [-0.1, -0.05) is 61.0 Å². The molecule has 0 bridgehead atoms. The summed E-state index contributed by atoms with van der Waals surface area (Å²) in [6.45, 7) is 14.3. The van der Waals surface area contributed by atoms with Crippen LogP contribution in [0.1, 0.15) is 114 Å². The van der Waals surface area contributed by atoms with Gasteiger partial charge in [0.1, 0.15) is 22.8 Å². The molecule has 44 heavy (non-hydrogen) atoms. The average molecular weight is 611 g/mol. The van der Waals surface area contributed by atoms with Crippen molar-refractivity contribution in [1.82, 2.24) is 0 Å². The SMILES string of the molecule is CCCCOC(=O)CCc1cc(C(C)C)c2c(c1O)C(=O)C1=C(O)[C@@]3(O)C(=O)C(C(C)=O)=C(O)C(C(C)C)[C@@]3(C)C[C@@]1(C)C2. The van der Waals surface area contributed by atoms with Crippen LogP contribution in [0.25, 0.3) is 0 Å². The number of aromatic hydroxyl groups is 1. The van der Waals surface area contributed by atoms with Gasteiger partial charge >= 0.3 is 5.97 Å². The van der Waals surface area contributed by atoms with Gasteiger partial charge in [0.15, 0.2) is 17.2 Å². The summed E-state index contributed by atoms with van der Waals surface area (Å²) in [6, 6.07) is 1.82. The first-order chi connectivity index (χ1) is 20.4. The van der Waals surface area contributed by atoms with Crippen molar-refractivity contribution in [2.24, 2.45) is 22.7 Å². The summed E-state index contributed by atoms with van der Waals surface area (Å²) in [4.78, 5) is 53.2. The Labute approximate surface area is 259 Å². The van der Waals surface area contributed by atoms with E-state index in [1.54, 1.807) is 27.7 Å². The van der Waals surface area contributed by atoms with E-state index in [2.05, 4.69) is 0 Å². The highest BCUT2D eigenvalue weighted by atomic mass is 16.5. The molecule has 0 aliphatic heterocycles. The number of fused-ring (bicyclic) bond motifs is 3. The van der Waals surface area contributed by atoms with Crippen LogP contribution < -0.4 is 0 Å². The second kappa shape index (κ2) is 11.5. The van der Waals surface area contributed by atoms with Gasteiger partial charge in [-0.3, -0.25) is 19.2 Å². The van der Waals surface area contributed by atoms with E-state index in [-0.39, 0.29) is 54.4 Å². The van der Waals surface area contributed by atoms with E-state index in [1.807, 2.05) is 26.8 Å². The maximum atomic E-state index is 14.4. The zero-order chi connectivity index (χ0) is 33.1. The van der Waals surface area contributed by atoms with E-state index >= 15 is 0 Å². The minimum Gasteiger partial charge on any atom is -0.511 e. The molecule has 0 fully saturated rings. The number of unbranched alkanes of at least 4 members (excludes halogenated alkanes) is 1. The number of hydrogen-bond acceptors (Lipinski definition) is 9. The number of ether oxygens (including phenoxy) is 1. The van der Waals surface area contributed by atoms with Crippen LogP contribution in [-0.4, -0.2) is 56.0 Å². The smallest absolute Gasteiger partial charge is 0.306 e. The molecule has 1 aromatic rings. The van der Waals surface area contributed by atoms with Gasteiger partial charge in [-0.05, 0) is 61.1 Å². The molecule has 9 heteroatoms. The van der Waals surface area contributed by atoms with Crippen molar-refractivity contribution in [3.8, 4) is 5.75 Å². The Bertz CT molecular complexity index is 1500. The second-order valence-electron chi connectivity index (χ2n) is 14.0. The van der Waals surface area contributed by atoms with Crippen LogP contribution >= 0.6 is 0 Å². The van der Waals surface area contributed by atoms with Gasteiger partial charge in [0.2, 0.25) is 5.78 Å². The summed E-state index contributed by atoms with van der Waals surface area (Å²) >= 11 is 0. The zero-order valence-electron chi connectivity index (χ0n) is 27.1. The lowest BCUT2D eigenvalue weighted by Gasteiger charge is -2.59. The molecule has 4 rings (SSSR count). The van der Waals surface area contributed by atoms with E-state index < -0.39 is 62.8 Å². The fourth-order valence-corrected chi connectivity index (χ4v) is 8.23. The molecule has 0 aromatic heterocycles. The Balaban J connectivity index is 1.92. The molecule has 4 N–H and O–H groups in total. The Morgan fingerprint density at radius 2 is 1.73 bits per heavy atom. The van der Waals surface area contributed by atoms with Crippen molar-refractivity contribution in [2.75, 3.05) is 6.61 Å². The van der Waals surface area contributed by atoms with E-state index in [0.717, 1.165) is 25.3 Å². The number of phenolic OH excluding ortho intramolecular Hbond substituents is 1. The summed E-state index contributed by atoms with van der Waals surface area (Å²) < 4.78 is 5.26. The zero-order valence-corrected chi connectivity index (χ0v) is 27.1. The number of rotatable bonds is 9. The Kier molecular flexibility index (Phi) is 8.72. The number of aliphatic hydroxyl groups excluding tert-OH is 2. The Morgan fingerprint density at radius 3 is 2.27 bits per heavy atom. The Morgan fingerprint density at radius 1 is 1.09 bits per heavy atom. The molecule has 0 radical (unpaired) electrons. The third-order valence-electron chi connectivity index (χ3n) is 10.1. The van der Waals surface area contributed by atoms with Gasteiger partial charge in [0.05, 0.1) is 12.2 Å². The number of aliphatic hydroxyl groups is 3. The molecule has 0 saturated carbocycles. The number of carbonyl (C=O) groups excluding carboxylic acids is 4. The number of Topliss-reactive ketones (excluding diaryl/α,β-unsaturated/α-hetero) is 3. The second-order valence-corrected chi connectivity index (χ2v) is 14.0. The Hall–Kier alpha value is -3.46. The third-order valence-corrected chi connectivity index (χ3v) is 10.1. The molecule has 0 spiro atoms. The maximum Gasteiger partial charge on any atom is 0.306 e. The standard InChI is InChI=1S/C35H46O9/c1-9-10-13-44-23(37)12-11-20-14-21(17(2)3)22-15-33(7)16-34(8)26(18(4)5)29(39)24(19(6)36)31(41)35(34,43)32(42)27(33)30(40)25(22)28(20)38/h14,17-18,26,38-39,42-43H,9-13,15-16H2,1-8H3/t26?,33-,34-,35+/m1/s1. The molecule has 1 aromatic carbocycles. The monoisotopic (exact) mass is 610 g/mol. The minimum atomic E-state index is -2.66. The molecule has 240 valence electrons. The molecule has 0 amide bonds. The van der Waals surface area contributed by atoms with Crippen LogP contribution in [-0.2, 0) is 32.0 Å². The molecule has 0 heterocycles. The van der Waals surface area contributed by atoms with Gasteiger partial charge in [-0.25, -0.2) is 0 Å². The highest BCUT2D eigenvalue weighted by Gasteiger charge is 2.71. The molecule has 1 unspecified atom stereocenters. The highest BCUT2D eigenvalue weighted by molar-refractivity contribution is 6.25. The number of hydrogen-bond donors (Lipinski definition) is 4. The number of ketones is 3. The van der Waals surface area contributed by atoms with Crippen LogP contribution in [0, 0.1) is 22.7 Å². The molecule has 9 nitrogen and oxygen atoms in total. The van der Waals surface area contributed by atoms with E-state index in [9.17, 15) is 39.6 Å². The molecular weight excluding hydrogens is 564 g/mol. The van der Waals surface area contributed by atoms with Crippen molar-refractivity contribution in [2.45, 2.75) is 105 Å². The fraction of sp³-hybridized carbons (Fsp3) is 0.600. The van der Waals surface area contributed by atoms with Crippen LogP contribution in [0.2, 0.25) is 0 Å². The number of esters is 1. The van der Waals surface area contributed by atoms with Crippen molar-refractivity contribution < 1.29 is 44.3 Å². The first-order valence-corrected chi connectivity index (χ1v) is 15.6. The number of carbonyl (C=O) groups is 4. The van der Waals surface area contributed by atoms with Gasteiger partial charge in [-0.15, -0.1) is 0 Å². The average Bonchev–Trinajstić information content (AvgIpc) is 2.89. The largest absolute Gasteiger partial charge is 0.511 e. The van der Waals surface area contributed by atoms with Gasteiger partial charge in [0.25, 0.3) is 0 Å². The molecule has 3 aliphatic carbocycles. The summed E-state index contributed by atoms with van der Waals surface area (Å²) in [6.07, 6.45) is 2.00. The first kappa shape index (κ1) is 33.4. The van der Waals surface area contributed by atoms with Crippen LogP contribution in [0.5, 0.6) is 5.75 Å². The predicted molar refractivity (Wildman–Crippen MR) is 164 cm³/mol. The third kappa shape index (κ3) is 4.78. The van der Waals surface area contributed by atoms with Crippen LogP contribution in [0.15, 0.2) is 28.7 Å². The van der Waals surface area contributed by atoms with E-state index in [0.29, 0.717) is 17.7 Å². The van der Waals surface area contributed by atoms with E-state index in [4.69, 9.17) is 4.74 Å². The van der Waals surface area contributed by atoms with Gasteiger partial charge in [0, 0.05) is 28.7 Å². The molecule has 3 aliphatic rings. The minimum absolute atomic E-state index is 0.000295. The normalized spacial score (nSPS) is 28.3. The van der Waals surface area contributed by atoms with E-state index in [1.165, 1.54) is 0 Å². The van der Waals surface area contributed by atoms with Gasteiger partial charge in [-0.2, -0.15) is 0 Å². The lowest BCUT2D eigenvalue weighted by atomic mass is 9.44. The number of aryl methyl sites for hydroxylation is 1. The van der Waals surface area contributed by atoms with Crippen molar-refractivity contribution >= 4 is 23.3 Å². The summed E-state index contributed by atoms with van der Waals surface area (Å²) in [5, 5.41) is 46.9. The van der Waals surface area contributed by atoms with Crippen LogP contribution in [0.4, 0.5) is 0 Å². The van der Waals surface area contributed by atoms with Crippen LogP contribution in [0.3, 0.4) is 0 Å². The topological polar surface area (TPSA) is 158 Å². The molecule has 4 atom stereocenters. The highest BCUT2D eigenvalue weighted by Crippen LogP contribution is 2.65. The van der Waals surface area contributed by atoms with Crippen molar-refractivity contribution in [1.29, 1.82) is 0 Å². The first-order valence-electron chi connectivity index (χ1n) is 15.6. The quantitative estimate of drug-likeness (QED) is 0.155. The number of allylic oxidation sites excluding steroid dienone is 2.